The standard InChI is InChI=1S/C16H22BrF2O5P/c1-4-23-25(21,24-5-2)16(18,19)12(3)14(17)15(20)22-11-13-9-7-6-8-10-13/h6-10,12,14H,4-5,11H2,1-3H3/t12-,14-/m1/s1. The smallest absolute Gasteiger partial charge is 0.399 e. The molecule has 0 saturated heterocycles. The van der Waals surface area contributed by atoms with Gasteiger partial charge in [0, 0.05) is 0 Å². The Hall–Kier alpha value is -0.820. The van der Waals surface area contributed by atoms with Crippen molar-refractivity contribution in [2.75, 3.05) is 13.2 Å². The maximum atomic E-state index is 14.7. The Morgan fingerprint density at radius 3 is 2.20 bits per heavy atom. The number of alkyl halides is 3. The number of benzene rings is 1. The molecule has 1 aromatic carbocycles. The number of rotatable bonds is 10. The molecule has 142 valence electrons. The molecule has 25 heavy (non-hydrogen) atoms. The minimum atomic E-state index is -4.72. The molecule has 0 unspecified atom stereocenters. The van der Waals surface area contributed by atoms with Gasteiger partial charge in [-0.05, 0) is 19.4 Å². The second-order valence-corrected chi connectivity index (χ2v) is 8.30. The van der Waals surface area contributed by atoms with Crippen LogP contribution >= 0.6 is 23.5 Å². The molecule has 9 heteroatoms. The van der Waals surface area contributed by atoms with Crippen molar-refractivity contribution in [2.24, 2.45) is 5.92 Å². The van der Waals surface area contributed by atoms with Crippen LogP contribution in [0.2, 0.25) is 0 Å². The molecule has 0 heterocycles. The molecule has 0 aromatic heterocycles. The van der Waals surface area contributed by atoms with Crippen molar-refractivity contribution in [3.05, 3.63) is 35.9 Å². The summed E-state index contributed by atoms with van der Waals surface area (Å²) in [5.74, 6) is -2.55. The third-order valence-electron chi connectivity index (χ3n) is 3.40. The molecule has 2 atom stereocenters. The van der Waals surface area contributed by atoms with Gasteiger partial charge in [0.15, 0.2) is 0 Å². The molecule has 0 radical (unpaired) electrons. The Kier molecular flexibility index (Phi) is 8.68. The summed E-state index contributed by atoms with van der Waals surface area (Å²) >= 11 is 2.93. The predicted molar refractivity (Wildman–Crippen MR) is 93.9 cm³/mol. The van der Waals surface area contributed by atoms with E-state index in [2.05, 4.69) is 15.9 Å². The summed E-state index contributed by atoms with van der Waals surface area (Å²) in [7, 11) is -4.72. The lowest BCUT2D eigenvalue weighted by atomic mass is 10.1. The first kappa shape index (κ1) is 22.2. The van der Waals surface area contributed by atoms with Crippen molar-refractivity contribution in [1.29, 1.82) is 0 Å². The summed E-state index contributed by atoms with van der Waals surface area (Å²) in [4.78, 5) is 10.7. The highest BCUT2D eigenvalue weighted by molar-refractivity contribution is 9.10. The SMILES string of the molecule is CCOP(=O)(OCC)C(F)(F)[C@H](C)[C@@H](Br)C(=O)OCc1ccccc1. The van der Waals surface area contributed by atoms with Gasteiger partial charge in [0.2, 0.25) is 0 Å². The third-order valence-corrected chi connectivity index (χ3v) is 6.90. The lowest BCUT2D eigenvalue weighted by Crippen LogP contribution is -2.38. The van der Waals surface area contributed by atoms with E-state index < -0.39 is 30.0 Å². The summed E-state index contributed by atoms with van der Waals surface area (Å²) in [5, 5.41) is 0. The van der Waals surface area contributed by atoms with Gasteiger partial charge in [-0.25, -0.2) is 0 Å². The molecule has 1 rings (SSSR count). The van der Waals surface area contributed by atoms with E-state index in [-0.39, 0.29) is 19.8 Å². The highest BCUT2D eigenvalue weighted by atomic mass is 79.9. The average Bonchev–Trinajstić information content (AvgIpc) is 2.59. The minimum absolute atomic E-state index is 0.0470. The van der Waals surface area contributed by atoms with Gasteiger partial charge in [0.05, 0.1) is 19.1 Å². The first-order valence-electron chi connectivity index (χ1n) is 7.81. The van der Waals surface area contributed by atoms with Crippen molar-refractivity contribution in [1.82, 2.24) is 0 Å². The average molecular weight is 443 g/mol. The number of halogens is 3. The van der Waals surface area contributed by atoms with Crippen LogP contribution in [0, 0.1) is 5.92 Å². The molecule has 0 aliphatic heterocycles. The van der Waals surface area contributed by atoms with Gasteiger partial charge >= 0.3 is 19.2 Å². The molecule has 0 saturated carbocycles. The highest BCUT2D eigenvalue weighted by Crippen LogP contribution is 2.65. The van der Waals surface area contributed by atoms with Gasteiger partial charge in [-0.3, -0.25) is 9.36 Å². The van der Waals surface area contributed by atoms with Crippen molar-refractivity contribution in [3.63, 3.8) is 0 Å². The van der Waals surface area contributed by atoms with Crippen molar-refractivity contribution in [2.45, 2.75) is 37.9 Å². The zero-order chi connectivity index (χ0) is 19.1. The van der Waals surface area contributed by atoms with E-state index in [9.17, 15) is 18.1 Å². The van der Waals surface area contributed by atoms with Crippen molar-refractivity contribution in [3.8, 4) is 0 Å². The van der Waals surface area contributed by atoms with Gasteiger partial charge in [0.1, 0.15) is 11.4 Å². The lowest BCUT2D eigenvalue weighted by molar-refractivity contribution is -0.147. The van der Waals surface area contributed by atoms with Crippen LogP contribution in [0.3, 0.4) is 0 Å². The summed E-state index contributed by atoms with van der Waals surface area (Å²) in [6, 6.07) is 8.83. The first-order chi connectivity index (χ1) is 11.7. The molecular weight excluding hydrogens is 421 g/mol. The Morgan fingerprint density at radius 1 is 1.20 bits per heavy atom. The number of esters is 1. The van der Waals surface area contributed by atoms with Gasteiger partial charge in [-0.1, -0.05) is 53.2 Å². The van der Waals surface area contributed by atoms with E-state index in [1.807, 2.05) is 0 Å². The molecule has 0 spiro atoms. The number of hydrogen-bond donors (Lipinski definition) is 0. The van der Waals surface area contributed by atoms with E-state index in [4.69, 9.17) is 13.8 Å². The van der Waals surface area contributed by atoms with Crippen molar-refractivity contribution < 1.29 is 31.9 Å². The maximum absolute atomic E-state index is 14.7. The minimum Gasteiger partial charge on any atom is -0.460 e. The molecule has 1 aromatic rings. The lowest BCUT2D eigenvalue weighted by Gasteiger charge is -2.31. The van der Waals surface area contributed by atoms with Crippen LogP contribution in [-0.2, 0) is 29.8 Å². The van der Waals surface area contributed by atoms with Crippen LogP contribution in [-0.4, -0.2) is 29.7 Å². The largest absolute Gasteiger partial charge is 0.460 e. The zero-order valence-corrected chi connectivity index (χ0v) is 16.8. The van der Waals surface area contributed by atoms with Crippen LogP contribution in [0.1, 0.15) is 26.3 Å². The number of hydrogen-bond acceptors (Lipinski definition) is 5. The zero-order valence-electron chi connectivity index (χ0n) is 14.3. The molecule has 0 aliphatic rings. The number of carbonyl (C=O) groups is 1. The fourth-order valence-electron chi connectivity index (χ4n) is 1.99. The van der Waals surface area contributed by atoms with E-state index in [0.29, 0.717) is 0 Å². The molecule has 0 aliphatic carbocycles. The van der Waals surface area contributed by atoms with E-state index in [1.54, 1.807) is 30.3 Å². The molecule has 0 amide bonds. The quantitative estimate of drug-likeness (QED) is 0.290. The maximum Gasteiger partial charge on any atom is 0.399 e. The summed E-state index contributed by atoms with van der Waals surface area (Å²) in [5.41, 5.74) is -3.14. The first-order valence-corrected chi connectivity index (χ1v) is 10.3. The monoisotopic (exact) mass is 442 g/mol. The van der Waals surface area contributed by atoms with Crippen LogP contribution in [0.15, 0.2) is 30.3 Å². The molecule has 0 bridgehead atoms. The van der Waals surface area contributed by atoms with Gasteiger partial charge in [0.25, 0.3) is 0 Å². The molecule has 0 N–H and O–H groups in total. The normalized spacial score (nSPS) is 14.8. The van der Waals surface area contributed by atoms with E-state index >= 15 is 0 Å². The highest BCUT2D eigenvalue weighted by Gasteiger charge is 2.59. The second-order valence-electron chi connectivity index (χ2n) is 5.20. The fraction of sp³-hybridized carbons (Fsp3) is 0.562. The van der Waals surface area contributed by atoms with Crippen LogP contribution < -0.4 is 0 Å². The number of carbonyl (C=O) groups excluding carboxylic acids is 1. The summed E-state index contributed by atoms with van der Waals surface area (Å²) in [6.07, 6.45) is 0. The van der Waals surface area contributed by atoms with E-state index in [1.165, 1.54) is 13.8 Å². The molecule has 0 fully saturated rings. The van der Waals surface area contributed by atoms with Gasteiger partial charge in [-0.15, -0.1) is 0 Å². The fourth-order valence-corrected chi connectivity index (χ4v) is 4.40. The number of ether oxygens (including phenoxy) is 1. The van der Waals surface area contributed by atoms with Gasteiger partial charge in [-0.2, -0.15) is 8.78 Å². The Morgan fingerprint density at radius 2 is 1.72 bits per heavy atom. The van der Waals surface area contributed by atoms with E-state index in [0.717, 1.165) is 12.5 Å². The Balaban J connectivity index is 2.82. The third kappa shape index (κ3) is 5.58. The van der Waals surface area contributed by atoms with Crippen LogP contribution in [0.4, 0.5) is 8.78 Å². The Labute approximate surface area is 154 Å². The van der Waals surface area contributed by atoms with Crippen LogP contribution in [0.25, 0.3) is 0 Å². The predicted octanol–water partition coefficient (Wildman–Crippen LogP) is 4.99. The molecular formula is C16H22BrF2O5P. The summed E-state index contributed by atoms with van der Waals surface area (Å²) in [6.45, 7) is 3.51. The van der Waals surface area contributed by atoms with Crippen molar-refractivity contribution >= 4 is 29.5 Å². The molecule has 5 nitrogen and oxygen atoms in total. The van der Waals surface area contributed by atoms with Gasteiger partial charge < -0.3 is 13.8 Å². The Bertz CT molecular complexity index is 589. The second kappa shape index (κ2) is 9.76. The topological polar surface area (TPSA) is 61.8 Å². The summed E-state index contributed by atoms with van der Waals surface area (Å²) < 4.78 is 56.2. The van der Waals surface area contributed by atoms with Crippen LogP contribution in [0.5, 0.6) is 0 Å².